The van der Waals surface area contributed by atoms with Crippen molar-refractivity contribution >= 4 is 21.9 Å². The van der Waals surface area contributed by atoms with Crippen molar-refractivity contribution in [1.29, 1.82) is 0 Å². The summed E-state index contributed by atoms with van der Waals surface area (Å²) < 4.78 is 26.0. The number of benzene rings is 4. The quantitative estimate of drug-likeness (QED) is 0.190. The fourth-order valence-corrected chi connectivity index (χ4v) is 5.04. The Morgan fingerprint density at radius 2 is 1.62 bits per heavy atom. The number of aryl methyl sites for hydroxylation is 2. The van der Waals surface area contributed by atoms with E-state index in [1.54, 1.807) is 24.4 Å². The zero-order valence-electron chi connectivity index (χ0n) is 25.2. The van der Waals surface area contributed by atoms with Crippen molar-refractivity contribution in [2.45, 2.75) is 33.0 Å². The summed E-state index contributed by atoms with van der Waals surface area (Å²) in [5.74, 6) is 0.854. The SMILES string of the molecule is [2H]C([2H])([2H])c1cc(-c2[c-]c(-c3cccc4c3nc(-c3cc(C(C)(C)C)ccc3O)n4C)ccc2)c2ncccc2c1.[Pt]. The number of pyridine rings is 1. The average molecular weight is 695 g/mol. The van der Waals surface area contributed by atoms with Crippen LogP contribution in [0.25, 0.3) is 55.6 Å². The van der Waals surface area contributed by atoms with Gasteiger partial charge in [-0.15, -0.1) is 35.4 Å². The molecule has 6 aromatic rings. The van der Waals surface area contributed by atoms with Crippen molar-refractivity contribution in [3.05, 3.63) is 102 Å². The zero-order valence-corrected chi connectivity index (χ0v) is 24.5. The Morgan fingerprint density at radius 1 is 0.846 bits per heavy atom. The standard InChI is InChI=1S/C34H30N3O.Pt/c1-21-17-24-11-8-16-35-31(24)27(18-21)23-10-6-9-22(19-23)26-12-7-13-29-32(26)36-33(37(29)5)28-20-25(34(2,3)4)14-15-30(28)38;/h6-18,20,38H,1-5H3;/q-1;/i1D3;. The van der Waals surface area contributed by atoms with E-state index in [0.29, 0.717) is 17.0 Å². The Hall–Kier alpha value is -3.75. The van der Waals surface area contributed by atoms with Crippen LogP contribution in [0.5, 0.6) is 5.75 Å². The summed E-state index contributed by atoms with van der Waals surface area (Å²) in [4.78, 5) is 9.61. The third kappa shape index (κ3) is 4.79. The summed E-state index contributed by atoms with van der Waals surface area (Å²) in [6, 6.07) is 28.2. The first kappa shape index (κ1) is 23.2. The molecule has 4 aromatic carbocycles. The maximum atomic E-state index is 10.8. The van der Waals surface area contributed by atoms with E-state index in [9.17, 15) is 5.11 Å². The molecule has 0 saturated carbocycles. The molecule has 0 atom stereocenters. The van der Waals surface area contributed by atoms with E-state index < -0.39 is 6.85 Å². The Bertz CT molecular complexity index is 1950. The van der Waals surface area contributed by atoms with Gasteiger partial charge in [0.15, 0.2) is 0 Å². The van der Waals surface area contributed by atoms with Gasteiger partial charge in [-0.05, 0) is 47.5 Å². The van der Waals surface area contributed by atoms with Crippen LogP contribution in [0.4, 0.5) is 0 Å². The molecule has 0 amide bonds. The topological polar surface area (TPSA) is 50.9 Å². The molecule has 2 heterocycles. The molecule has 0 saturated heterocycles. The Morgan fingerprint density at radius 3 is 2.38 bits per heavy atom. The number of aromatic hydroxyl groups is 1. The van der Waals surface area contributed by atoms with Gasteiger partial charge in [0.1, 0.15) is 11.6 Å². The minimum Gasteiger partial charge on any atom is -0.507 e. The van der Waals surface area contributed by atoms with E-state index in [4.69, 9.17) is 9.10 Å². The van der Waals surface area contributed by atoms with Crippen LogP contribution in [0.1, 0.15) is 36.0 Å². The monoisotopic (exact) mass is 694 g/mol. The number of hydrogen-bond donors (Lipinski definition) is 1. The first-order valence-corrected chi connectivity index (χ1v) is 12.6. The van der Waals surface area contributed by atoms with Gasteiger partial charge in [-0.2, -0.15) is 0 Å². The van der Waals surface area contributed by atoms with Crippen LogP contribution >= 0.6 is 0 Å². The summed E-state index contributed by atoms with van der Waals surface area (Å²) in [6.07, 6.45) is 1.71. The normalized spacial score (nSPS) is 13.1. The number of phenolic OH excluding ortho intramolecular Hbond substituents is 1. The predicted molar refractivity (Wildman–Crippen MR) is 156 cm³/mol. The maximum Gasteiger partial charge on any atom is 0.143 e. The van der Waals surface area contributed by atoms with Crippen molar-refractivity contribution in [2.75, 3.05) is 0 Å². The smallest absolute Gasteiger partial charge is 0.143 e. The second kappa shape index (κ2) is 10.1. The minimum absolute atomic E-state index is 0. The number of nitrogens with zero attached hydrogens (tertiary/aromatic N) is 3. The van der Waals surface area contributed by atoms with Gasteiger partial charge in [-0.3, -0.25) is 4.98 Å². The third-order valence-electron chi connectivity index (χ3n) is 7.10. The predicted octanol–water partition coefficient (Wildman–Crippen LogP) is 8.23. The van der Waals surface area contributed by atoms with Crippen LogP contribution in [0, 0.1) is 12.9 Å². The van der Waals surface area contributed by atoms with Gasteiger partial charge in [0, 0.05) is 43.9 Å². The van der Waals surface area contributed by atoms with Crippen molar-refractivity contribution in [2.24, 2.45) is 7.05 Å². The van der Waals surface area contributed by atoms with Crippen LogP contribution < -0.4 is 0 Å². The fraction of sp³-hybridized carbons (Fsp3) is 0.176. The minimum atomic E-state index is -2.25. The molecule has 0 aliphatic heterocycles. The van der Waals surface area contributed by atoms with Crippen LogP contribution in [0.3, 0.4) is 0 Å². The summed E-state index contributed by atoms with van der Waals surface area (Å²) >= 11 is 0. The molecule has 39 heavy (non-hydrogen) atoms. The van der Waals surface area contributed by atoms with Crippen LogP contribution in [0.2, 0.25) is 0 Å². The molecule has 6 rings (SSSR count). The van der Waals surface area contributed by atoms with Gasteiger partial charge in [-0.1, -0.05) is 73.9 Å². The molecule has 0 aliphatic rings. The molecular formula is C34H30N3OPt-. The molecule has 2 aromatic heterocycles. The van der Waals surface area contributed by atoms with Crippen molar-refractivity contribution in [3.8, 4) is 39.4 Å². The van der Waals surface area contributed by atoms with Crippen LogP contribution in [-0.2, 0) is 33.5 Å². The number of aromatic nitrogens is 3. The maximum absolute atomic E-state index is 10.8. The summed E-state index contributed by atoms with van der Waals surface area (Å²) in [5, 5.41) is 11.6. The number of para-hydroxylation sites is 1. The number of rotatable bonds is 3. The molecule has 1 N–H and O–H groups in total. The Balaban J connectivity index is 0.00000353. The number of fused-ring (bicyclic) bond motifs is 2. The van der Waals surface area contributed by atoms with Gasteiger partial charge in [0.2, 0.25) is 0 Å². The van der Waals surface area contributed by atoms with E-state index in [1.165, 1.54) is 0 Å². The van der Waals surface area contributed by atoms with Gasteiger partial charge in [0.05, 0.1) is 16.6 Å². The molecule has 0 bridgehead atoms. The molecule has 5 heteroatoms. The van der Waals surface area contributed by atoms with Crippen molar-refractivity contribution < 1.29 is 30.3 Å². The van der Waals surface area contributed by atoms with E-state index in [0.717, 1.165) is 44.2 Å². The Labute approximate surface area is 247 Å². The van der Waals surface area contributed by atoms with Gasteiger partial charge >= 0.3 is 0 Å². The molecule has 0 unspecified atom stereocenters. The molecule has 0 aliphatic carbocycles. The second-order valence-electron chi connectivity index (χ2n) is 10.7. The van der Waals surface area contributed by atoms with E-state index in [1.807, 2.05) is 72.3 Å². The largest absolute Gasteiger partial charge is 0.507 e. The van der Waals surface area contributed by atoms with E-state index in [2.05, 4.69) is 31.8 Å². The summed E-state index contributed by atoms with van der Waals surface area (Å²) in [5.41, 5.74) is 7.60. The number of hydrogen-bond acceptors (Lipinski definition) is 3. The molecule has 0 fully saturated rings. The molecule has 0 spiro atoms. The second-order valence-corrected chi connectivity index (χ2v) is 10.7. The van der Waals surface area contributed by atoms with Crippen LogP contribution in [-0.4, -0.2) is 19.6 Å². The zero-order chi connectivity index (χ0) is 29.1. The summed E-state index contributed by atoms with van der Waals surface area (Å²) in [7, 11) is 1.95. The van der Waals surface area contributed by atoms with E-state index in [-0.39, 0.29) is 37.8 Å². The Kier molecular flexibility index (Phi) is 5.99. The van der Waals surface area contributed by atoms with Gasteiger partial charge < -0.3 is 9.67 Å². The van der Waals surface area contributed by atoms with E-state index >= 15 is 0 Å². The van der Waals surface area contributed by atoms with Crippen molar-refractivity contribution in [1.82, 2.24) is 14.5 Å². The van der Waals surface area contributed by atoms with Crippen molar-refractivity contribution in [3.63, 3.8) is 0 Å². The molecule has 198 valence electrons. The number of imidazole rings is 1. The molecule has 0 radical (unpaired) electrons. The average Bonchev–Trinajstić information content (AvgIpc) is 3.27. The van der Waals surface area contributed by atoms with Gasteiger partial charge in [0.25, 0.3) is 0 Å². The summed E-state index contributed by atoms with van der Waals surface area (Å²) in [6.45, 7) is 4.19. The molecule has 4 nitrogen and oxygen atoms in total. The first-order chi connectivity index (χ1) is 19.4. The number of phenols is 1. The fourth-order valence-electron chi connectivity index (χ4n) is 5.04. The van der Waals surface area contributed by atoms with Gasteiger partial charge in [-0.25, -0.2) is 4.98 Å². The third-order valence-corrected chi connectivity index (χ3v) is 7.10. The van der Waals surface area contributed by atoms with Crippen LogP contribution in [0.15, 0.2) is 85.1 Å². The molecular weight excluding hydrogens is 661 g/mol. The first-order valence-electron chi connectivity index (χ1n) is 14.1.